The fourth-order valence-electron chi connectivity index (χ4n) is 1.82. The van der Waals surface area contributed by atoms with E-state index in [-0.39, 0.29) is 6.04 Å². The molecule has 0 spiro atoms. The van der Waals surface area contributed by atoms with Crippen molar-refractivity contribution in [3.63, 3.8) is 0 Å². The topological polar surface area (TPSA) is 64.9 Å². The molecule has 2 heterocycles. The molecule has 15 heavy (non-hydrogen) atoms. The third kappa shape index (κ3) is 2.39. The molecule has 0 aromatic carbocycles. The molecule has 5 heteroatoms. The molecule has 1 aromatic heterocycles. The highest BCUT2D eigenvalue weighted by Gasteiger charge is 2.18. The van der Waals surface area contributed by atoms with E-state index in [4.69, 9.17) is 5.53 Å². The Labute approximate surface area is 88.4 Å². The van der Waals surface area contributed by atoms with Gasteiger partial charge in [-0.2, -0.15) is 0 Å². The van der Waals surface area contributed by atoms with Crippen LogP contribution in [-0.2, 0) is 0 Å². The molecule has 0 saturated carbocycles. The summed E-state index contributed by atoms with van der Waals surface area (Å²) in [6.07, 6.45) is 3.64. The quantitative estimate of drug-likeness (QED) is 0.420. The van der Waals surface area contributed by atoms with Crippen molar-refractivity contribution >= 4 is 5.82 Å². The van der Waals surface area contributed by atoms with Crippen molar-refractivity contribution in [2.45, 2.75) is 18.9 Å². The van der Waals surface area contributed by atoms with Gasteiger partial charge in [-0.15, -0.1) is 0 Å². The number of pyridine rings is 1. The summed E-state index contributed by atoms with van der Waals surface area (Å²) in [4.78, 5) is 9.37. The van der Waals surface area contributed by atoms with Gasteiger partial charge in [-0.25, -0.2) is 4.98 Å². The van der Waals surface area contributed by atoms with E-state index in [1.165, 1.54) is 0 Å². The number of nitrogens with zero attached hydrogens (tertiary/aromatic N) is 5. The van der Waals surface area contributed by atoms with E-state index in [1.807, 2.05) is 18.2 Å². The lowest BCUT2D eigenvalue weighted by Gasteiger charge is -2.30. The van der Waals surface area contributed by atoms with Crippen molar-refractivity contribution in [3.8, 4) is 0 Å². The van der Waals surface area contributed by atoms with Gasteiger partial charge in [-0.1, -0.05) is 11.2 Å². The Bertz CT molecular complexity index is 349. The number of hydrogen-bond acceptors (Lipinski definition) is 3. The van der Waals surface area contributed by atoms with Crippen LogP contribution in [0.1, 0.15) is 12.8 Å². The summed E-state index contributed by atoms with van der Waals surface area (Å²) >= 11 is 0. The molecule has 1 aromatic rings. The molecule has 0 bridgehead atoms. The van der Waals surface area contributed by atoms with Gasteiger partial charge in [0.25, 0.3) is 0 Å². The Hall–Kier alpha value is -1.74. The van der Waals surface area contributed by atoms with E-state index >= 15 is 0 Å². The van der Waals surface area contributed by atoms with Gasteiger partial charge in [-0.3, -0.25) is 0 Å². The first-order valence-corrected chi connectivity index (χ1v) is 5.10. The van der Waals surface area contributed by atoms with Crippen molar-refractivity contribution in [3.05, 3.63) is 34.8 Å². The van der Waals surface area contributed by atoms with E-state index in [9.17, 15) is 0 Å². The Morgan fingerprint density at radius 2 is 2.20 bits per heavy atom. The van der Waals surface area contributed by atoms with Gasteiger partial charge in [0.2, 0.25) is 0 Å². The van der Waals surface area contributed by atoms with E-state index in [0.29, 0.717) is 0 Å². The molecular formula is C10H13N5. The second kappa shape index (κ2) is 4.66. The predicted molar refractivity (Wildman–Crippen MR) is 58.6 cm³/mol. The van der Waals surface area contributed by atoms with E-state index < -0.39 is 0 Å². The monoisotopic (exact) mass is 203 g/mol. The minimum absolute atomic E-state index is 0.162. The second-order valence-corrected chi connectivity index (χ2v) is 3.61. The average Bonchev–Trinajstić information content (AvgIpc) is 2.32. The van der Waals surface area contributed by atoms with Gasteiger partial charge in [0, 0.05) is 30.2 Å². The summed E-state index contributed by atoms with van der Waals surface area (Å²) in [6.45, 7) is 1.83. The number of hydrogen-bond donors (Lipinski definition) is 0. The number of aromatic nitrogens is 1. The summed E-state index contributed by atoms with van der Waals surface area (Å²) < 4.78 is 0. The lowest BCUT2D eigenvalue weighted by atomic mass is 10.1. The van der Waals surface area contributed by atoms with Crippen LogP contribution >= 0.6 is 0 Å². The van der Waals surface area contributed by atoms with Crippen LogP contribution in [0.25, 0.3) is 10.4 Å². The maximum atomic E-state index is 8.33. The second-order valence-electron chi connectivity index (χ2n) is 3.61. The summed E-state index contributed by atoms with van der Waals surface area (Å²) in [5.74, 6) is 1.01. The van der Waals surface area contributed by atoms with Crippen molar-refractivity contribution in [2.24, 2.45) is 5.11 Å². The van der Waals surface area contributed by atoms with Crippen LogP contribution in [0.4, 0.5) is 5.82 Å². The number of rotatable bonds is 2. The minimum atomic E-state index is 0.162. The molecule has 2 rings (SSSR count). The van der Waals surface area contributed by atoms with Gasteiger partial charge in [0.1, 0.15) is 5.82 Å². The van der Waals surface area contributed by atoms with Crippen molar-refractivity contribution in [1.29, 1.82) is 0 Å². The van der Waals surface area contributed by atoms with Crippen LogP contribution in [0.3, 0.4) is 0 Å². The first-order chi connectivity index (χ1) is 7.40. The molecular weight excluding hydrogens is 190 g/mol. The molecule has 1 aliphatic rings. The number of anilines is 1. The summed E-state index contributed by atoms with van der Waals surface area (Å²) in [5, 5.41) is 3.75. The molecule has 0 unspecified atom stereocenters. The lowest BCUT2D eigenvalue weighted by molar-refractivity contribution is 0.497. The molecule has 1 fully saturated rings. The predicted octanol–water partition coefficient (Wildman–Crippen LogP) is 2.36. The molecule has 0 amide bonds. The zero-order valence-corrected chi connectivity index (χ0v) is 8.45. The van der Waals surface area contributed by atoms with E-state index in [1.54, 1.807) is 6.20 Å². The summed E-state index contributed by atoms with van der Waals surface area (Å²) in [5.41, 5.74) is 8.33. The van der Waals surface area contributed by atoms with Crippen LogP contribution in [0.15, 0.2) is 29.5 Å². The van der Waals surface area contributed by atoms with E-state index in [0.717, 1.165) is 31.7 Å². The Morgan fingerprint density at radius 1 is 1.40 bits per heavy atom. The van der Waals surface area contributed by atoms with Gasteiger partial charge in [0.05, 0.1) is 0 Å². The smallest absolute Gasteiger partial charge is 0.128 e. The van der Waals surface area contributed by atoms with E-state index in [2.05, 4.69) is 19.9 Å². The number of azide groups is 1. The molecule has 5 nitrogen and oxygen atoms in total. The first-order valence-electron chi connectivity index (χ1n) is 5.10. The van der Waals surface area contributed by atoms with Crippen LogP contribution in [0.5, 0.6) is 0 Å². The van der Waals surface area contributed by atoms with Crippen LogP contribution in [-0.4, -0.2) is 24.1 Å². The SMILES string of the molecule is [N-]=[N+]=NC1CCN(c2ccccn2)CC1. The molecule has 0 N–H and O–H groups in total. The third-order valence-corrected chi connectivity index (χ3v) is 2.65. The molecule has 0 radical (unpaired) electrons. The normalized spacial score (nSPS) is 17.2. The Kier molecular flexibility index (Phi) is 3.05. The van der Waals surface area contributed by atoms with Gasteiger partial charge in [0.15, 0.2) is 0 Å². The fraction of sp³-hybridized carbons (Fsp3) is 0.500. The highest BCUT2D eigenvalue weighted by atomic mass is 15.2. The van der Waals surface area contributed by atoms with Gasteiger partial charge < -0.3 is 4.90 Å². The van der Waals surface area contributed by atoms with Crippen molar-refractivity contribution in [1.82, 2.24) is 4.98 Å². The maximum Gasteiger partial charge on any atom is 0.128 e. The molecule has 0 atom stereocenters. The lowest BCUT2D eigenvalue weighted by Crippen LogP contribution is -2.35. The zero-order valence-electron chi connectivity index (χ0n) is 8.45. The largest absolute Gasteiger partial charge is 0.357 e. The molecule has 78 valence electrons. The first kappa shape index (κ1) is 9.80. The highest BCUT2D eigenvalue weighted by molar-refractivity contribution is 5.38. The number of piperidine rings is 1. The molecule has 0 aliphatic carbocycles. The van der Waals surface area contributed by atoms with Gasteiger partial charge in [-0.05, 0) is 30.5 Å². The summed E-state index contributed by atoms with van der Waals surface area (Å²) in [7, 11) is 0. The van der Waals surface area contributed by atoms with Crippen LogP contribution < -0.4 is 4.90 Å². The maximum absolute atomic E-state index is 8.33. The molecule has 1 saturated heterocycles. The Balaban J connectivity index is 1.97. The summed E-state index contributed by atoms with van der Waals surface area (Å²) in [6, 6.07) is 6.07. The standard InChI is InChI=1S/C10H13N5/c11-14-13-9-4-7-15(8-5-9)10-3-1-2-6-12-10/h1-3,6,9H,4-5,7-8H2. The zero-order chi connectivity index (χ0) is 10.5. The van der Waals surface area contributed by atoms with Crippen LogP contribution in [0, 0.1) is 0 Å². The minimum Gasteiger partial charge on any atom is -0.357 e. The molecule has 1 aliphatic heterocycles. The van der Waals surface area contributed by atoms with Crippen molar-refractivity contribution in [2.75, 3.05) is 18.0 Å². The Morgan fingerprint density at radius 3 is 2.80 bits per heavy atom. The van der Waals surface area contributed by atoms with Gasteiger partial charge >= 0.3 is 0 Å². The van der Waals surface area contributed by atoms with Crippen LogP contribution in [0.2, 0.25) is 0 Å². The van der Waals surface area contributed by atoms with Crippen molar-refractivity contribution < 1.29 is 0 Å². The fourth-order valence-corrected chi connectivity index (χ4v) is 1.82. The average molecular weight is 203 g/mol. The highest BCUT2D eigenvalue weighted by Crippen LogP contribution is 2.18. The third-order valence-electron chi connectivity index (χ3n) is 2.65.